The van der Waals surface area contributed by atoms with Crippen LogP contribution in [0.5, 0.6) is 0 Å². The number of fused-ring (bicyclic) bond motifs is 1. The van der Waals surface area contributed by atoms with Gasteiger partial charge in [-0.25, -0.2) is 9.98 Å². The van der Waals surface area contributed by atoms with Crippen molar-refractivity contribution in [1.82, 2.24) is 14.9 Å². The highest BCUT2D eigenvalue weighted by Gasteiger charge is 2.19. The zero-order chi connectivity index (χ0) is 12.3. The molecule has 2 heterocycles. The van der Waals surface area contributed by atoms with Gasteiger partial charge < -0.3 is 15.6 Å². The molecule has 2 rings (SSSR count). The number of imidazole rings is 1. The lowest BCUT2D eigenvalue weighted by Crippen LogP contribution is -2.44. The molecule has 3 N–H and O–H groups in total. The molecule has 0 fully saturated rings. The summed E-state index contributed by atoms with van der Waals surface area (Å²) in [6.07, 6.45) is 5.81. The molecule has 0 spiro atoms. The molecule has 0 amide bonds. The number of aryl methyl sites for hydroxylation is 1. The summed E-state index contributed by atoms with van der Waals surface area (Å²) in [6, 6.07) is 0.332. The fourth-order valence-corrected chi connectivity index (χ4v) is 1.95. The Hall–Kier alpha value is -1.78. The summed E-state index contributed by atoms with van der Waals surface area (Å²) < 4.78 is 2.18. The first-order valence-corrected chi connectivity index (χ1v) is 5.86. The van der Waals surface area contributed by atoms with E-state index >= 15 is 0 Å². The normalized spacial score (nSPS) is 19.8. The number of guanidine groups is 1. The van der Waals surface area contributed by atoms with Gasteiger partial charge in [0.25, 0.3) is 0 Å². The van der Waals surface area contributed by atoms with Crippen LogP contribution in [-0.4, -0.2) is 28.1 Å². The van der Waals surface area contributed by atoms with Crippen molar-refractivity contribution in [3.63, 3.8) is 0 Å². The standard InChI is InChI=1S/C12H19N5/c1-9(2)8-15-12(13)16-10-3-5-17-6-4-14-11(17)7-10/h4,6,10H,1,3,5,7-8H2,2H3,(H3,13,15,16). The number of aliphatic imine (C=N–C) groups is 1. The number of hydrogen-bond donors (Lipinski definition) is 2. The SMILES string of the molecule is C=C(C)CN=C(N)NC1CCn2ccnc2C1. The summed E-state index contributed by atoms with van der Waals surface area (Å²) in [4.78, 5) is 8.53. The summed E-state index contributed by atoms with van der Waals surface area (Å²) >= 11 is 0. The van der Waals surface area contributed by atoms with E-state index in [0.29, 0.717) is 18.5 Å². The van der Waals surface area contributed by atoms with E-state index in [0.717, 1.165) is 30.8 Å². The van der Waals surface area contributed by atoms with Crippen molar-refractivity contribution in [2.24, 2.45) is 10.7 Å². The number of nitrogens with two attached hydrogens (primary N) is 1. The average molecular weight is 233 g/mol. The van der Waals surface area contributed by atoms with Crippen molar-refractivity contribution < 1.29 is 0 Å². The molecule has 1 unspecified atom stereocenters. The number of rotatable bonds is 3. The van der Waals surface area contributed by atoms with E-state index < -0.39 is 0 Å². The highest BCUT2D eigenvalue weighted by Crippen LogP contribution is 2.12. The van der Waals surface area contributed by atoms with Crippen LogP contribution in [0.15, 0.2) is 29.5 Å². The van der Waals surface area contributed by atoms with Crippen molar-refractivity contribution in [2.45, 2.75) is 32.4 Å². The van der Waals surface area contributed by atoms with Crippen molar-refractivity contribution in [1.29, 1.82) is 0 Å². The maximum Gasteiger partial charge on any atom is 0.189 e. The Balaban J connectivity index is 1.89. The second-order valence-corrected chi connectivity index (χ2v) is 4.53. The Kier molecular flexibility index (Phi) is 3.46. The number of nitrogens with one attached hydrogen (secondary N) is 1. The lowest BCUT2D eigenvalue weighted by molar-refractivity contribution is 0.434. The lowest BCUT2D eigenvalue weighted by Gasteiger charge is -2.24. The number of nitrogens with zero attached hydrogens (tertiary/aromatic N) is 3. The highest BCUT2D eigenvalue weighted by molar-refractivity contribution is 5.78. The van der Waals surface area contributed by atoms with Crippen LogP contribution in [0.1, 0.15) is 19.2 Å². The van der Waals surface area contributed by atoms with Gasteiger partial charge in [0.2, 0.25) is 0 Å². The molecule has 0 saturated heterocycles. The van der Waals surface area contributed by atoms with E-state index in [-0.39, 0.29) is 0 Å². The molecule has 5 nitrogen and oxygen atoms in total. The Morgan fingerprint density at radius 2 is 2.59 bits per heavy atom. The van der Waals surface area contributed by atoms with Crippen LogP contribution in [-0.2, 0) is 13.0 Å². The van der Waals surface area contributed by atoms with Crippen LogP contribution in [0, 0.1) is 0 Å². The quantitative estimate of drug-likeness (QED) is 0.458. The molecule has 0 bridgehead atoms. The highest BCUT2D eigenvalue weighted by atomic mass is 15.1. The van der Waals surface area contributed by atoms with Gasteiger partial charge in [-0.2, -0.15) is 0 Å². The molecular weight excluding hydrogens is 214 g/mol. The zero-order valence-electron chi connectivity index (χ0n) is 10.2. The van der Waals surface area contributed by atoms with Crippen molar-refractivity contribution >= 4 is 5.96 Å². The summed E-state index contributed by atoms with van der Waals surface area (Å²) in [5.41, 5.74) is 6.83. The molecule has 17 heavy (non-hydrogen) atoms. The van der Waals surface area contributed by atoms with E-state index in [1.165, 1.54) is 0 Å². The summed E-state index contributed by atoms with van der Waals surface area (Å²) in [5.74, 6) is 1.61. The zero-order valence-corrected chi connectivity index (χ0v) is 10.2. The third-order valence-corrected chi connectivity index (χ3v) is 2.82. The Morgan fingerprint density at radius 3 is 3.35 bits per heavy atom. The summed E-state index contributed by atoms with van der Waals surface area (Å²) in [5, 5.41) is 3.24. The summed E-state index contributed by atoms with van der Waals surface area (Å²) in [7, 11) is 0. The van der Waals surface area contributed by atoms with Crippen LogP contribution in [0.4, 0.5) is 0 Å². The smallest absolute Gasteiger partial charge is 0.189 e. The predicted octanol–water partition coefficient (Wildman–Crippen LogP) is 0.678. The van der Waals surface area contributed by atoms with Crippen LogP contribution in [0.25, 0.3) is 0 Å². The van der Waals surface area contributed by atoms with Gasteiger partial charge in [-0.15, -0.1) is 0 Å². The summed E-state index contributed by atoms with van der Waals surface area (Å²) in [6.45, 7) is 7.30. The molecule has 1 aliphatic rings. The van der Waals surface area contributed by atoms with Gasteiger partial charge in [-0.05, 0) is 13.3 Å². The maximum atomic E-state index is 5.82. The lowest BCUT2D eigenvalue weighted by atomic mass is 10.1. The average Bonchev–Trinajstić information content (AvgIpc) is 2.73. The fourth-order valence-electron chi connectivity index (χ4n) is 1.95. The van der Waals surface area contributed by atoms with Gasteiger partial charge in [-0.1, -0.05) is 12.2 Å². The fraction of sp³-hybridized carbons (Fsp3) is 0.500. The van der Waals surface area contributed by atoms with E-state index in [2.05, 4.69) is 26.4 Å². The van der Waals surface area contributed by atoms with E-state index in [4.69, 9.17) is 5.73 Å². The van der Waals surface area contributed by atoms with Crippen LogP contribution in [0.2, 0.25) is 0 Å². The molecule has 1 aromatic heterocycles. The van der Waals surface area contributed by atoms with E-state index in [1.54, 1.807) is 0 Å². The van der Waals surface area contributed by atoms with Gasteiger partial charge in [0.15, 0.2) is 5.96 Å². The molecule has 5 heteroatoms. The van der Waals surface area contributed by atoms with Crippen molar-refractivity contribution in [2.75, 3.05) is 6.54 Å². The third kappa shape index (κ3) is 3.09. The minimum Gasteiger partial charge on any atom is -0.370 e. The molecule has 1 aromatic rings. The van der Waals surface area contributed by atoms with Gasteiger partial charge in [-0.3, -0.25) is 0 Å². The van der Waals surface area contributed by atoms with Gasteiger partial charge in [0, 0.05) is 31.4 Å². The van der Waals surface area contributed by atoms with Crippen LogP contribution >= 0.6 is 0 Å². The van der Waals surface area contributed by atoms with Crippen LogP contribution in [0.3, 0.4) is 0 Å². The van der Waals surface area contributed by atoms with Crippen molar-refractivity contribution in [3.05, 3.63) is 30.4 Å². The molecule has 0 aliphatic carbocycles. The van der Waals surface area contributed by atoms with E-state index in [9.17, 15) is 0 Å². The number of hydrogen-bond acceptors (Lipinski definition) is 2. The number of aromatic nitrogens is 2. The minimum absolute atomic E-state index is 0.332. The van der Waals surface area contributed by atoms with Gasteiger partial charge in [0.1, 0.15) is 5.82 Å². The first kappa shape index (κ1) is 11.7. The topological polar surface area (TPSA) is 68.2 Å². The Bertz CT molecular complexity index is 432. The molecule has 1 aliphatic heterocycles. The largest absolute Gasteiger partial charge is 0.370 e. The van der Waals surface area contributed by atoms with E-state index in [1.807, 2.05) is 19.3 Å². The second-order valence-electron chi connectivity index (χ2n) is 4.53. The minimum atomic E-state index is 0.332. The predicted molar refractivity (Wildman–Crippen MR) is 68.8 cm³/mol. The van der Waals surface area contributed by atoms with Gasteiger partial charge in [0.05, 0.1) is 6.54 Å². The first-order chi connectivity index (χ1) is 8.15. The van der Waals surface area contributed by atoms with Gasteiger partial charge >= 0.3 is 0 Å². The second kappa shape index (κ2) is 5.03. The Morgan fingerprint density at radius 1 is 1.76 bits per heavy atom. The molecule has 1 atom stereocenters. The Labute approximate surface area is 101 Å². The molecule has 0 radical (unpaired) electrons. The van der Waals surface area contributed by atoms with Crippen LogP contribution < -0.4 is 11.1 Å². The third-order valence-electron chi connectivity index (χ3n) is 2.82. The van der Waals surface area contributed by atoms with Crippen molar-refractivity contribution in [3.8, 4) is 0 Å². The molecular formula is C12H19N5. The molecule has 0 saturated carbocycles. The molecule has 92 valence electrons. The maximum absolute atomic E-state index is 5.82. The molecule has 0 aromatic carbocycles. The monoisotopic (exact) mass is 233 g/mol. The first-order valence-electron chi connectivity index (χ1n) is 5.86.